The molecule has 0 aliphatic heterocycles. The lowest BCUT2D eigenvalue weighted by atomic mass is 9.74. The highest BCUT2D eigenvalue weighted by molar-refractivity contribution is 6.31. The van der Waals surface area contributed by atoms with E-state index < -0.39 is 17.3 Å². The molecule has 0 radical (unpaired) electrons. The second kappa shape index (κ2) is 8.71. The highest BCUT2D eigenvalue weighted by Gasteiger charge is 2.39. The van der Waals surface area contributed by atoms with Crippen molar-refractivity contribution in [3.63, 3.8) is 0 Å². The minimum absolute atomic E-state index is 0.00388. The van der Waals surface area contributed by atoms with Crippen molar-refractivity contribution in [3.05, 3.63) is 35.0 Å². The first-order valence-corrected chi connectivity index (χ1v) is 11.0. The number of rotatable bonds is 4. The van der Waals surface area contributed by atoms with Gasteiger partial charge in [0.25, 0.3) is 5.91 Å². The molecule has 2 aromatic rings. The zero-order valence-corrected chi connectivity index (χ0v) is 19.5. The predicted octanol–water partition coefficient (Wildman–Crippen LogP) is 4.38. The van der Waals surface area contributed by atoms with E-state index in [1.54, 1.807) is 52.8 Å². The van der Waals surface area contributed by atoms with Crippen molar-refractivity contribution >= 4 is 34.5 Å². The number of carbonyl (C=O) groups is 2. The molecule has 3 rings (SSSR count). The van der Waals surface area contributed by atoms with Crippen LogP contribution < -0.4 is 10.6 Å². The second-order valence-electron chi connectivity index (χ2n) is 9.91. The number of benzene rings is 1. The molecular weight excluding hydrogens is 418 g/mol. The number of ether oxygens (including phenoxy) is 1. The fraction of sp³-hybridized carbons (Fsp3) is 0.565. The molecule has 1 fully saturated rings. The Labute approximate surface area is 187 Å². The third kappa shape index (κ3) is 6.14. The number of aliphatic hydroxyl groups is 1. The van der Waals surface area contributed by atoms with E-state index in [9.17, 15) is 14.7 Å². The smallest absolute Gasteiger partial charge is 0.407 e. The van der Waals surface area contributed by atoms with Crippen LogP contribution in [0.1, 0.15) is 64.4 Å². The minimum atomic E-state index is -0.876. The quantitative estimate of drug-likeness (QED) is 0.555. The van der Waals surface area contributed by atoms with Gasteiger partial charge in [-0.2, -0.15) is 0 Å². The Kier molecular flexibility index (Phi) is 6.58. The molecule has 4 N–H and O–H groups in total. The molecule has 1 heterocycles. The highest BCUT2D eigenvalue weighted by atomic mass is 35.5. The van der Waals surface area contributed by atoms with Crippen molar-refractivity contribution in [3.8, 4) is 0 Å². The number of hydrogen-bond donors (Lipinski definition) is 4. The van der Waals surface area contributed by atoms with E-state index in [1.165, 1.54) is 0 Å². The molecule has 3 atom stereocenters. The predicted molar refractivity (Wildman–Crippen MR) is 121 cm³/mol. The molecule has 0 saturated heterocycles. The second-order valence-corrected chi connectivity index (χ2v) is 10.3. The average molecular weight is 450 g/mol. The first-order chi connectivity index (χ1) is 14.3. The first kappa shape index (κ1) is 23.4. The fourth-order valence-corrected chi connectivity index (χ4v) is 4.26. The van der Waals surface area contributed by atoms with Gasteiger partial charge in [0.15, 0.2) is 0 Å². The van der Waals surface area contributed by atoms with E-state index in [4.69, 9.17) is 16.3 Å². The van der Waals surface area contributed by atoms with Gasteiger partial charge in [0.05, 0.1) is 11.6 Å². The third-order valence-corrected chi connectivity index (χ3v) is 5.93. The fourth-order valence-electron chi connectivity index (χ4n) is 4.08. The Balaban J connectivity index is 1.75. The minimum Gasteiger partial charge on any atom is -0.444 e. The molecule has 2 amide bonds. The standard InChI is InChI=1S/C23H32ClN3O4/c1-22(2,3)31-21(29)27-18-12-14(23(4,5)30)6-8-17(18)26-20(28)19-11-13-10-15(24)7-9-16(13)25-19/h7,9-11,14,17-18,25,30H,6,8,12H2,1-5H3,(H,26,28)(H,27,29). The van der Waals surface area contributed by atoms with Crippen molar-refractivity contribution in [2.75, 3.05) is 0 Å². The van der Waals surface area contributed by atoms with Crippen LogP contribution in [0.4, 0.5) is 4.79 Å². The Bertz CT molecular complexity index is 958. The highest BCUT2D eigenvalue weighted by Crippen LogP contribution is 2.33. The van der Waals surface area contributed by atoms with E-state index in [0.717, 1.165) is 17.3 Å². The normalized spacial score (nSPS) is 22.2. The molecule has 1 saturated carbocycles. The molecule has 1 aliphatic carbocycles. The monoisotopic (exact) mass is 449 g/mol. The van der Waals surface area contributed by atoms with Crippen LogP contribution in [0.15, 0.2) is 24.3 Å². The molecule has 1 aromatic carbocycles. The zero-order valence-electron chi connectivity index (χ0n) is 18.7. The first-order valence-electron chi connectivity index (χ1n) is 10.6. The van der Waals surface area contributed by atoms with Gasteiger partial charge in [-0.1, -0.05) is 11.6 Å². The number of amides is 2. The van der Waals surface area contributed by atoms with Crippen LogP contribution in [-0.4, -0.2) is 45.4 Å². The third-order valence-electron chi connectivity index (χ3n) is 5.70. The molecule has 8 heteroatoms. The Morgan fingerprint density at radius 3 is 2.45 bits per heavy atom. The number of aromatic amines is 1. The molecule has 0 spiro atoms. The van der Waals surface area contributed by atoms with Crippen LogP contribution in [-0.2, 0) is 4.74 Å². The van der Waals surface area contributed by atoms with Gasteiger partial charge >= 0.3 is 6.09 Å². The number of nitrogens with one attached hydrogen (secondary N) is 3. The van der Waals surface area contributed by atoms with E-state index in [1.807, 2.05) is 6.07 Å². The van der Waals surface area contributed by atoms with Crippen LogP contribution in [0.2, 0.25) is 5.02 Å². The maximum atomic E-state index is 12.9. The summed E-state index contributed by atoms with van der Waals surface area (Å²) >= 11 is 6.04. The van der Waals surface area contributed by atoms with E-state index >= 15 is 0 Å². The van der Waals surface area contributed by atoms with Crippen LogP contribution in [0.3, 0.4) is 0 Å². The summed E-state index contributed by atoms with van der Waals surface area (Å²) in [5.74, 6) is -0.258. The summed E-state index contributed by atoms with van der Waals surface area (Å²) in [6.07, 6.45) is 1.38. The molecule has 170 valence electrons. The summed E-state index contributed by atoms with van der Waals surface area (Å²) in [6, 6.07) is 6.51. The van der Waals surface area contributed by atoms with Crippen molar-refractivity contribution in [2.45, 2.75) is 77.2 Å². The number of carbonyl (C=O) groups excluding carboxylic acids is 2. The van der Waals surface area contributed by atoms with Crippen LogP contribution >= 0.6 is 11.6 Å². The van der Waals surface area contributed by atoms with E-state index in [-0.39, 0.29) is 23.9 Å². The van der Waals surface area contributed by atoms with Gasteiger partial charge < -0.3 is 25.5 Å². The van der Waals surface area contributed by atoms with Crippen molar-refractivity contribution in [1.29, 1.82) is 0 Å². The number of hydrogen-bond acceptors (Lipinski definition) is 4. The van der Waals surface area contributed by atoms with Gasteiger partial charge in [-0.15, -0.1) is 0 Å². The van der Waals surface area contributed by atoms with Crippen molar-refractivity contribution < 1.29 is 19.4 Å². The molecule has 3 unspecified atom stereocenters. The number of aromatic nitrogens is 1. The van der Waals surface area contributed by atoms with Gasteiger partial charge in [0.1, 0.15) is 11.3 Å². The Morgan fingerprint density at radius 2 is 1.81 bits per heavy atom. The van der Waals surface area contributed by atoms with Crippen molar-refractivity contribution in [2.24, 2.45) is 5.92 Å². The maximum absolute atomic E-state index is 12.9. The molecular formula is C23H32ClN3O4. The van der Waals surface area contributed by atoms with Gasteiger partial charge in [0.2, 0.25) is 0 Å². The Morgan fingerprint density at radius 1 is 1.10 bits per heavy atom. The summed E-state index contributed by atoms with van der Waals surface area (Å²) in [5, 5.41) is 17.9. The number of alkyl carbamates (subject to hydrolysis) is 1. The van der Waals surface area contributed by atoms with Crippen LogP contribution in [0, 0.1) is 5.92 Å². The van der Waals surface area contributed by atoms with E-state index in [0.29, 0.717) is 23.6 Å². The maximum Gasteiger partial charge on any atom is 0.407 e. The lowest BCUT2D eigenvalue weighted by Crippen LogP contribution is -2.57. The van der Waals surface area contributed by atoms with Gasteiger partial charge in [0, 0.05) is 22.0 Å². The molecule has 1 aromatic heterocycles. The Hall–Kier alpha value is -2.25. The summed E-state index contributed by atoms with van der Waals surface area (Å²) in [4.78, 5) is 28.5. The lowest BCUT2D eigenvalue weighted by Gasteiger charge is -2.41. The number of halogens is 1. The number of H-pyrrole nitrogens is 1. The lowest BCUT2D eigenvalue weighted by molar-refractivity contribution is -0.0119. The summed E-state index contributed by atoms with van der Waals surface area (Å²) in [6.45, 7) is 8.95. The average Bonchev–Trinajstić information content (AvgIpc) is 3.03. The molecule has 0 bridgehead atoms. The topological polar surface area (TPSA) is 103 Å². The summed E-state index contributed by atoms with van der Waals surface area (Å²) in [5.41, 5.74) is -0.250. The molecule has 7 nitrogen and oxygen atoms in total. The molecule has 31 heavy (non-hydrogen) atoms. The largest absolute Gasteiger partial charge is 0.444 e. The van der Waals surface area contributed by atoms with Gasteiger partial charge in [-0.3, -0.25) is 4.79 Å². The summed E-state index contributed by atoms with van der Waals surface area (Å²) < 4.78 is 5.41. The van der Waals surface area contributed by atoms with Crippen molar-refractivity contribution in [1.82, 2.24) is 15.6 Å². The van der Waals surface area contributed by atoms with Crippen LogP contribution in [0.25, 0.3) is 10.9 Å². The SMILES string of the molecule is CC(C)(C)OC(=O)NC1CC(C(C)(C)O)CCC1NC(=O)c1cc2cc(Cl)ccc2[nH]1. The molecule has 1 aliphatic rings. The van der Waals surface area contributed by atoms with E-state index in [2.05, 4.69) is 15.6 Å². The van der Waals surface area contributed by atoms with Gasteiger partial charge in [-0.25, -0.2) is 4.79 Å². The zero-order chi connectivity index (χ0) is 23.0. The van der Waals surface area contributed by atoms with Crippen LogP contribution in [0.5, 0.6) is 0 Å². The van der Waals surface area contributed by atoms with Gasteiger partial charge in [-0.05, 0) is 84.1 Å². The summed E-state index contributed by atoms with van der Waals surface area (Å²) in [7, 11) is 0. The number of fused-ring (bicyclic) bond motifs is 1.